The van der Waals surface area contributed by atoms with Crippen molar-refractivity contribution in [1.29, 1.82) is 0 Å². The molecule has 0 aliphatic rings. The number of nitrogens with two attached hydrogens (primary N) is 1. The maximum atomic E-state index is 11.7. The lowest BCUT2D eigenvalue weighted by Crippen LogP contribution is -2.41. The van der Waals surface area contributed by atoms with Crippen LogP contribution in [0.1, 0.15) is 27.7 Å². The maximum Gasteiger partial charge on any atom is 0.153 e. The van der Waals surface area contributed by atoms with Gasteiger partial charge in [0.15, 0.2) is 9.84 Å². The molecule has 0 aromatic carbocycles. The van der Waals surface area contributed by atoms with E-state index in [-0.39, 0.29) is 17.0 Å². The first kappa shape index (κ1) is 15.8. The Bertz CT molecular complexity index is 324. The first-order valence-corrected chi connectivity index (χ1v) is 7.53. The van der Waals surface area contributed by atoms with E-state index >= 15 is 0 Å². The third-order valence-electron chi connectivity index (χ3n) is 2.47. The monoisotopic (exact) mass is 266 g/mol. The van der Waals surface area contributed by atoms with Crippen LogP contribution < -0.4 is 5.73 Å². The van der Waals surface area contributed by atoms with Crippen molar-refractivity contribution in [3.8, 4) is 0 Å². The van der Waals surface area contributed by atoms with Crippen molar-refractivity contribution in [1.82, 2.24) is 4.90 Å². The van der Waals surface area contributed by atoms with Crippen molar-refractivity contribution in [2.24, 2.45) is 5.73 Å². The van der Waals surface area contributed by atoms with Gasteiger partial charge in [-0.2, -0.15) is 0 Å². The van der Waals surface area contributed by atoms with Crippen LogP contribution in [0.25, 0.3) is 0 Å². The Kier molecular flexibility index (Phi) is 6.43. The number of rotatable bonds is 7. The predicted molar refractivity (Wildman–Crippen MR) is 72.4 cm³/mol. The average Bonchev–Trinajstić information content (AvgIpc) is 2.10. The van der Waals surface area contributed by atoms with E-state index in [0.29, 0.717) is 18.1 Å². The van der Waals surface area contributed by atoms with Crippen molar-refractivity contribution >= 4 is 27.0 Å². The molecule has 0 amide bonds. The number of nitrogens with zero attached hydrogens (tertiary/aromatic N) is 1. The van der Waals surface area contributed by atoms with Gasteiger partial charge >= 0.3 is 0 Å². The van der Waals surface area contributed by atoms with E-state index in [1.165, 1.54) is 0 Å². The van der Waals surface area contributed by atoms with E-state index in [0.717, 1.165) is 0 Å². The molecule has 4 nitrogen and oxygen atoms in total. The molecule has 0 unspecified atom stereocenters. The molecule has 6 heteroatoms. The summed E-state index contributed by atoms with van der Waals surface area (Å²) < 4.78 is 23.3. The van der Waals surface area contributed by atoms with Crippen molar-refractivity contribution in [3.05, 3.63) is 0 Å². The van der Waals surface area contributed by atoms with E-state index in [4.69, 9.17) is 18.0 Å². The molecule has 96 valence electrons. The van der Waals surface area contributed by atoms with Crippen LogP contribution in [0.3, 0.4) is 0 Å². The molecule has 2 N–H and O–H groups in total. The van der Waals surface area contributed by atoms with Crippen LogP contribution in [0.15, 0.2) is 0 Å². The Labute approximate surface area is 104 Å². The zero-order valence-electron chi connectivity index (χ0n) is 10.4. The highest BCUT2D eigenvalue weighted by Crippen LogP contribution is 2.04. The minimum absolute atomic E-state index is 0.158. The first-order chi connectivity index (χ1) is 7.16. The van der Waals surface area contributed by atoms with Gasteiger partial charge in [-0.05, 0) is 27.7 Å². The van der Waals surface area contributed by atoms with Crippen LogP contribution in [0.4, 0.5) is 0 Å². The molecule has 0 bridgehead atoms. The lowest BCUT2D eigenvalue weighted by Gasteiger charge is -2.25. The van der Waals surface area contributed by atoms with E-state index in [9.17, 15) is 8.42 Å². The van der Waals surface area contributed by atoms with Crippen molar-refractivity contribution in [3.63, 3.8) is 0 Å². The number of hydrogen-bond acceptors (Lipinski definition) is 4. The fraction of sp³-hybridized carbons (Fsp3) is 0.900. The lowest BCUT2D eigenvalue weighted by atomic mass is 10.3. The molecule has 0 spiro atoms. The summed E-state index contributed by atoms with van der Waals surface area (Å²) in [5.74, 6) is 0.158. The third-order valence-corrected chi connectivity index (χ3v) is 4.79. The largest absolute Gasteiger partial charge is 0.392 e. The standard InChI is InChI=1S/C10H22N2O2S2/c1-8(2)12(7-10(11)15)5-6-16(13,14)9(3)4/h8-9H,5-7H2,1-4H3,(H2,11,15). The van der Waals surface area contributed by atoms with Crippen LogP contribution in [-0.4, -0.2) is 48.4 Å². The van der Waals surface area contributed by atoms with Crippen LogP contribution in [0.5, 0.6) is 0 Å². The van der Waals surface area contributed by atoms with E-state index in [1.54, 1.807) is 13.8 Å². The van der Waals surface area contributed by atoms with E-state index in [1.807, 2.05) is 18.7 Å². The van der Waals surface area contributed by atoms with Crippen molar-refractivity contribution in [2.75, 3.05) is 18.8 Å². The minimum Gasteiger partial charge on any atom is -0.392 e. The molecule has 0 rings (SSSR count). The Morgan fingerprint density at radius 1 is 1.31 bits per heavy atom. The molecule has 0 aliphatic heterocycles. The summed E-state index contributed by atoms with van der Waals surface area (Å²) in [5, 5.41) is -0.327. The van der Waals surface area contributed by atoms with Gasteiger partial charge in [-0.1, -0.05) is 12.2 Å². The summed E-state index contributed by atoms with van der Waals surface area (Å²) >= 11 is 4.84. The van der Waals surface area contributed by atoms with E-state index in [2.05, 4.69) is 0 Å². The highest BCUT2D eigenvalue weighted by molar-refractivity contribution is 7.92. The summed E-state index contributed by atoms with van der Waals surface area (Å²) in [7, 11) is -2.99. The normalized spacial score (nSPS) is 12.7. The molecule has 0 aliphatic carbocycles. The summed E-state index contributed by atoms with van der Waals surface area (Å²) in [5.41, 5.74) is 5.47. The molecule has 0 radical (unpaired) electrons. The van der Waals surface area contributed by atoms with Gasteiger partial charge in [0.1, 0.15) is 0 Å². The zero-order valence-corrected chi connectivity index (χ0v) is 12.1. The van der Waals surface area contributed by atoms with Crippen molar-refractivity contribution < 1.29 is 8.42 Å². The van der Waals surface area contributed by atoms with Gasteiger partial charge in [0, 0.05) is 19.1 Å². The molecule has 0 heterocycles. The molecule has 0 aromatic rings. The van der Waals surface area contributed by atoms with Crippen LogP contribution in [0.2, 0.25) is 0 Å². The third kappa shape index (κ3) is 5.77. The molecule has 0 aromatic heterocycles. The predicted octanol–water partition coefficient (Wildman–Crippen LogP) is 0.806. The van der Waals surface area contributed by atoms with Crippen LogP contribution in [0, 0.1) is 0 Å². The second-order valence-electron chi connectivity index (χ2n) is 4.45. The smallest absolute Gasteiger partial charge is 0.153 e. The van der Waals surface area contributed by atoms with Gasteiger partial charge in [0.25, 0.3) is 0 Å². The Balaban J connectivity index is 4.39. The highest BCUT2D eigenvalue weighted by Gasteiger charge is 2.19. The lowest BCUT2D eigenvalue weighted by molar-refractivity contribution is 0.268. The molecular formula is C10H22N2O2S2. The van der Waals surface area contributed by atoms with E-state index < -0.39 is 9.84 Å². The Hall–Kier alpha value is -0.200. The number of thiocarbonyl (C=S) groups is 1. The SMILES string of the molecule is CC(C)N(CCS(=O)(=O)C(C)C)CC(N)=S. The molecular weight excluding hydrogens is 244 g/mol. The summed E-state index contributed by atoms with van der Waals surface area (Å²) in [6.45, 7) is 8.35. The fourth-order valence-electron chi connectivity index (χ4n) is 1.20. The molecule has 0 saturated carbocycles. The molecule has 16 heavy (non-hydrogen) atoms. The Morgan fingerprint density at radius 3 is 2.12 bits per heavy atom. The zero-order chi connectivity index (χ0) is 12.9. The quantitative estimate of drug-likeness (QED) is 0.691. The average molecular weight is 266 g/mol. The number of hydrogen-bond donors (Lipinski definition) is 1. The van der Waals surface area contributed by atoms with Gasteiger partial charge in [0.2, 0.25) is 0 Å². The Morgan fingerprint density at radius 2 is 1.81 bits per heavy atom. The minimum atomic E-state index is -2.99. The summed E-state index contributed by atoms with van der Waals surface area (Å²) in [6.07, 6.45) is 0. The molecule has 0 saturated heterocycles. The van der Waals surface area contributed by atoms with Crippen molar-refractivity contribution in [2.45, 2.75) is 39.0 Å². The fourth-order valence-corrected chi connectivity index (χ4v) is 2.33. The van der Waals surface area contributed by atoms with Crippen LogP contribution in [-0.2, 0) is 9.84 Å². The second-order valence-corrected chi connectivity index (χ2v) is 7.65. The van der Waals surface area contributed by atoms with Gasteiger partial charge in [-0.15, -0.1) is 0 Å². The molecule has 0 atom stereocenters. The van der Waals surface area contributed by atoms with Gasteiger partial charge in [-0.25, -0.2) is 8.42 Å². The van der Waals surface area contributed by atoms with Gasteiger partial charge in [-0.3, -0.25) is 4.90 Å². The van der Waals surface area contributed by atoms with Crippen LogP contribution >= 0.6 is 12.2 Å². The summed E-state index contributed by atoms with van der Waals surface area (Å²) in [6, 6.07) is 0.240. The number of sulfone groups is 1. The highest BCUT2D eigenvalue weighted by atomic mass is 32.2. The maximum absolute atomic E-state index is 11.7. The molecule has 0 fully saturated rings. The first-order valence-electron chi connectivity index (χ1n) is 5.40. The summed E-state index contributed by atoms with van der Waals surface area (Å²) in [4.78, 5) is 2.37. The van der Waals surface area contributed by atoms with Gasteiger partial charge < -0.3 is 5.73 Å². The second kappa shape index (κ2) is 6.51. The topological polar surface area (TPSA) is 63.4 Å². The van der Waals surface area contributed by atoms with Gasteiger partial charge in [0.05, 0.1) is 16.0 Å².